The monoisotopic (exact) mass is 425 g/mol. The quantitative estimate of drug-likeness (QED) is 0.525. The Morgan fingerprint density at radius 1 is 1.13 bits per heavy atom. The second kappa shape index (κ2) is 10.2. The highest BCUT2D eigenvalue weighted by molar-refractivity contribution is 7.99. The van der Waals surface area contributed by atoms with Crippen molar-refractivity contribution < 1.29 is 9.53 Å². The Morgan fingerprint density at radius 3 is 2.43 bits per heavy atom. The fraction of sp³-hybridized carbons (Fsp3) is 0.364. The van der Waals surface area contributed by atoms with E-state index in [2.05, 4.69) is 65.9 Å². The lowest BCUT2D eigenvalue weighted by Gasteiger charge is -2.23. The first-order valence-corrected chi connectivity index (χ1v) is 10.9. The minimum Gasteiger partial charge on any atom is -0.497 e. The molecule has 2 aromatic carbocycles. The molecule has 3 rings (SSSR count). The summed E-state index contributed by atoms with van der Waals surface area (Å²) in [5.74, 6) is 1.21. The molecule has 1 aromatic heterocycles. The van der Waals surface area contributed by atoms with Crippen LogP contribution in [0, 0.1) is 5.92 Å². The Bertz CT molecular complexity index is 954. The maximum atomic E-state index is 12.7. The number of rotatable bonds is 9. The molecular weight excluding hydrogens is 398 g/mol. The average molecular weight is 426 g/mol. The fourth-order valence-corrected chi connectivity index (χ4v) is 3.80. The number of thioether (sulfide) groups is 1. The third-order valence-corrected chi connectivity index (χ3v) is 5.74. The number of amides is 1. The summed E-state index contributed by atoms with van der Waals surface area (Å²) in [6.45, 7) is 6.35. The van der Waals surface area contributed by atoms with Crippen LogP contribution in [0.4, 0.5) is 0 Å². The van der Waals surface area contributed by atoms with Gasteiger partial charge in [0.05, 0.1) is 24.6 Å². The molecule has 0 saturated carbocycles. The smallest absolute Gasteiger partial charge is 0.230 e. The lowest BCUT2D eigenvalue weighted by Crippen LogP contribution is -2.33. The molecule has 1 heterocycles. The first-order chi connectivity index (χ1) is 14.5. The van der Waals surface area contributed by atoms with Gasteiger partial charge in [0.1, 0.15) is 5.75 Å². The van der Waals surface area contributed by atoms with Gasteiger partial charge in [-0.3, -0.25) is 4.79 Å². The highest BCUT2D eigenvalue weighted by Gasteiger charge is 2.19. The second-order valence-corrected chi connectivity index (χ2v) is 8.19. The van der Waals surface area contributed by atoms with Gasteiger partial charge < -0.3 is 10.1 Å². The molecule has 0 unspecified atom stereocenters. The number of carbonyl (C=O) groups excluding carboxylic acids is 1. The Balaban J connectivity index is 1.64. The van der Waals surface area contributed by atoms with Crippen molar-refractivity contribution >= 4 is 17.7 Å². The molecule has 1 amide bonds. The van der Waals surface area contributed by atoms with Gasteiger partial charge in [-0.15, -0.1) is 5.10 Å². The van der Waals surface area contributed by atoms with Crippen LogP contribution < -0.4 is 10.1 Å². The summed E-state index contributed by atoms with van der Waals surface area (Å²) in [5.41, 5.74) is 3.21. The molecule has 0 fully saturated rings. The number of ether oxygens (including phenoxy) is 1. The summed E-state index contributed by atoms with van der Waals surface area (Å²) < 4.78 is 6.79. The molecule has 0 aliphatic heterocycles. The summed E-state index contributed by atoms with van der Waals surface area (Å²) in [6.07, 6.45) is 0.999. The van der Waals surface area contributed by atoms with Gasteiger partial charge in [-0.2, -0.15) is 4.68 Å². The summed E-state index contributed by atoms with van der Waals surface area (Å²) in [5, 5.41) is 15.6. The van der Waals surface area contributed by atoms with Crippen molar-refractivity contribution in [2.24, 2.45) is 5.92 Å². The second-order valence-electron chi connectivity index (χ2n) is 7.24. The third kappa shape index (κ3) is 5.38. The van der Waals surface area contributed by atoms with Crippen LogP contribution in [0.3, 0.4) is 0 Å². The van der Waals surface area contributed by atoms with Gasteiger partial charge in [0.15, 0.2) is 0 Å². The Hall–Kier alpha value is -2.87. The molecule has 8 heteroatoms. The molecule has 3 aromatic rings. The molecule has 0 aliphatic rings. The molecule has 1 atom stereocenters. The molecular formula is C22H27N5O2S. The predicted molar refractivity (Wildman–Crippen MR) is 118 cm³/mol. The summed E-state index contributed by atoms with van der Waals surface area (Å²) in [6, 6.07) is 15.8. The summed E-state index contributed by atoms with van der Waals surface area (Å²) in [7, 11) is 1.62. The molecule has 0 radical (unpaired) electrons. The first-order valence-electron chi connectivity index (χ1n) is 9.95. The van der Waals surface area contributed by atoms with E-state index in [1.54, 1.807) is 11.8 Å². The molecule has 7 nitrogen and oxygen atoms in total. The number of nitrogens with zero attached hydrogens (tertiary/aromatic N) is 4. The zero-order valence-corrected chi connectivity index (χ0v) is 18.5. The van der Waals surface area contributed by atoms with E-state index in [1.165, 1.54) is 17.3 Å². The van der Waals surface area contributed by atoms with Gasteiger partial charge in [0.2, 0.25) is 11.1 Å². The minimum atomic E-state index is -0.0532. The number of tetrazole rings is 1. The first kappa shape index (κ1) is 21.8. The van der Waals surface area contributed by atoms with E-state index in [9.17, 15) is 4.79 Å². The Labute approximate surface area is 181 Å². The van der Waals surface area contributed by atoms with Crippen LogP contribution in [0.1, 0.15) is 37.9 Å². The van der Waals surface area contributed by atoms with Crippen molar-refractivity contribution in [3.05, 3.63) is 59.7 Å². The minimum absolute atomic E-state index is 0.0402. The van der Waals surface area contributed by atoms with Crippen LogP contribution >= 0.6 is 11.8 Å². The van der Waals surface area contributed by atoms with Crippen LogP contribution in [0.5, 0.6) is 5.75 Å². The number of aryl methyl sites for hydroxylation is 1. The fourth-order valence-electron chi connectivity index (χ4n) is 3.10. The highest BCUT2D eigenvalue weighted by Crippen LogP contribution is 2.24. The van der Waals surface area contributed by atoms with Crippen molar-refractivity contribution in [3.8, 4) is 11.4 Å². The van der Waals surface area contributed by atoms with Crippen LogP contribution in [-0.2, 0) is 11.2 Å². The molecule has 0 spiro atoms. The largest absolute Gasteiger partial charge is 0.497 e. The molecule has 0 aliphatic carbocycles. The van der Waals surface area contributed by atoms with E-state index in [0.29, 0.717) is 5.16 Å². The molecule has 0 saturated heterocycles. The van der Waals surface area contributed by atoms with Crippen LogP contribution in [-0.4, -0.2) is 39.0 Å². The van der Waals surface area contributed by atoms with Crippen molar-refractivity contribution in [3.63, 3.8) is 0 Å². The van der Waals surface area contributed by atoms with Gasteiger partial charge in [-0.05, 0) is 58.2 Å². The standard InChI is InChI=1S/C22H27N5O2S/c1-5-16-6-8-17(9-7-16)21(15(2)3)23-20(28)14-30-22-24-25-26-27(22)18-10-12-19(29-4)13-11-18/h6-13,15,21H,5,14H2,1-4H3,(H,23,28)/t21-/m1/s1. The number of nitrogens with one attached hydrogen (secondary N) is 1. The summed E-state index contributed by atoms with van der Waals surface area (Å²) >= 11 is 1.31. The summed E-state index contributed by atoms with van der Waals surface area (Å²) in [4.78, 5) is 12.7. The van der Waals surface area contributed by atoms with Gasteiger partial charge in [0.25, 0.3) is 0 Å². The number of benzene rings is 2. The maximum Gasteiger partial charge on any atom is 0.230 e. The average Bonchev–Trinajstić information content (AvgIpc) is 3.24. The van der Waals surface area contributed by atoms with Gasteiger partial charge in [-0.1, -0.05) is 56.8 Å². The highest BCUT2D eigenvalue weighted by atomic mass is 32.2. The van der Waals surface area contributed by atoms with E-state index in [-0.39, 0.29) is 23.6 Å². The van der Waals surface area contributed by atoms with Crippen LogP contribution in [0.25, 0.3) is 5.69 Å². The molecule has 1 N–H and O–H groups in total. The normalized spacial score (nSPS) is 12.0. The van der Waals surface area contributed by atoms with Crippen LogP contribution in [0.15, 0.2) is 53.7 Å². The lowest BCUT2D eigenvalue weighted by molar-refractivity contribution is -0.119. The van der Waals surface area contributed by atoms with Gasteiger partial charge in [0, 0.05) is 0 Å². The Morgan fingerprint density at radius 2 is 1.83 bits per heavy atom. The van der Waals surface area contributed by atoms with Crippen molar-refractivity contribution in [1.82, 2.24) is 25.5 Å². The number of hydrogen-bond acceptors (Lipinski definition) is 6. The van der Waals surface area contributed by atoms with E-state index >= 15 is 0 Å². The van der Waals surface area contributed by atoms with E-state index in [0.717, 1.165) is 23.4 Å². The van der Waals surface area contributed by atoms with E-state index in [4.69, 9.17) is 4.74 Å². The molecule has 158 valence electrons. The van der Waals surface area contributed by atoms with E-state index in [1.807, 2.05) is 24.3 Å². The predicted octanol–water partition coefficient (Wildman–Crippen LogP) is 3.84. The van der Waals surface area contributed by atoms with Gasteiger partial charge in [-0.25, -0.2) is 0 Å². The van der Waals surface area contributed by atoms with Gasteiger partial charge >= 0.3 is 0 Å². The topological polar surface area (TPSA) is 81.9 Å². The maximum absolute atomic E-state index is 12.7. The number of carbonyl (C=O) groups is 1. The van der Waals surface area contributed by atoms with E-state index < -0.39 is 0 Å². The SMILES string of the molecule is CCc1ccc([C@H](NC(=O)CSc2nnnn2-c2ccc(OC)cc2)C(C)C)cc1. The third-order valence-electron chi connectivity index (χ3n) is 4.82. The molecule has 0 bridgehead atoms. The lowest BCUT2D eigenvalue weighted by atomic mass is 9.95. The van der Waals surface area contributed by atoms with Crippen molar-refractivity contribution in [2.75, 3.05) is 12.9 Å². The number of aromatic nitrogens is 4. The number of hydrogen-bond donors (Lipinski definition) is 1. The van der Waals surface area contributed by atoms with Crippen molar-refractivity contribution in [2.45, 2.75) is 38.4 Å². The zero-order chi connectivity index (χ0) is 21.5. The zero-order valence-electron chi connectivity index (χ0n) is 17.7. The molecule has 30 heavy (non-hydrogen) atoms. The Kier molecular flexibility index (Phi) is 7.46. The number of methoxy groups -OCH3 is 1. The van der Waals surface area contributed by atoms with Crippen molar-refractivity contribution in [1.29, 1.82) is 0 Å². The van der Waals surface area contributed by atoms with Crippen LogP contribution in [0.2, 0.25) is 0 Å².